The number of benzene rings is 1. The van der Waals surface area contributed by atoms with Crippen molar-refractivity contribution < 1.29 is 13.9 Å². The van der Waals surface area contributed by atoms with E-state index < -0.39 is 0 Å². The number of hydrogen-bond acceptors (Lipinski definition) is 6. The molecule has 2 aromatic rings. The van der Waals surface area contributed by atoms with Crippen molar-refractivity contribution in [1.82, 2.24) is 4.98 Å². The number of esters is 1. The van der Waals surface area contributed by atoms with Crippen LogP contribution in [0, 0.1) is 5.92 Å². The van der Waals surface area contributed by atoms with Crippen LogP contribution in [0.4, 0.5) is 11.7 Å². The Morgan fingerprint density at radius 2 is 1.62 bits per heavy atom. The number of nitrogens with two attached hydrogens (primary N) is 2. The van der Waals surface area contributed by atoms with E-state index in [9.17, 15) is 4.79 Å². The summed E-state index contributed by atoms with van der Waals surface area (Å²) in [6, 6.07) is 7.52. The van der Waals surface area contributed by atoms with Crippen molar-refractivity contribution in [2.45, 2.75) is 73.6 Å². The predicted octanol–water partition coefficient (Wildman–Crippen LogP) is 6.32. The average Bonchev–Trinajstić information content (AvgIpc) is 3.20. The quantitative estimate of drug-likeness (QED) is 0.411. The summed E-state index contributed by atoms with van der Waals surface area (Å²) in [7, 11) is 1.47. The largest absolute Gasteiger partial charge is 0.469 e. The number of methoxy groups -OCH3 is 1. The number of anilines is 2. The smallest absolute Gasteiger partial charge is 0.308 e. The van der Waals surface area contributed by atoms with E-state index in [-0.39, 0.29) is 17.9 Å². The summed E-state index contributed by atoms with van der Waals surface area (Å²) in [4.78, 5) is 15.2. The maximum atomic E-state index is 11.2. The Morgan fingerprint density at radius 1 is 1.03 bits per heavy atom. The molecule has 166 valence electrons. The zero-order chi connectivity index (χ0) is 22.7. The average molecular weight is 408 g/mol. The van der Waals surface area contributed by atoms with Crippen LogP contribution in [-0.2, 0) is 9.53 Å². The van der Waals surface area contributed by atoms with Gasteiger partial charge in [-0.05, 0) is 25.0 Å². The van der Waals surface area contributed by atoms with Crippen LogP contribution < -0.4 is 11.5 Å². The maximum Gasteiger partial charge on any atom is 0.308 e. The first kappa shape index (κ1) is 28.7. The minimum Gasteiger partial charge on any atom is -0.469 e. The van der Waals surface area contributed by atoms with Gasteiger partial charge in [0.25, 0.3) is 6.01 Å². The number of nitrogens with zero attached hydrogens (tertiary/aromatic N) is 1. The van der Waals surface area contributed by atoms with Crippen molar-refractivity contribution in [2.24, 2.45) is 5.92 Å². The van der Waals surface area contributed by atoms with E-state index in [1.54, 1.807) is 12.1 Å². The Hall–Kier alpha value is -2.50. The highest BCUT2D eigenvalue weighted by molar-refractivity contribution is 5.72. The standard InChI is InChI=1S/C10H20O2.C9H9N3O.2C2H6/c1-4-6-8-9(7-5-2)10(11)12-3;10-7-3-1-6(2-4-7)8-5-13-9(11)12-8;2*1-2/h9H,4-8H2,1-3H3;1-5H,10H2,(H2,11,12);2*1-2H3. The molecule has 1 aromatic heterocycles. The van der Waals surface area contributed by atoms with Crippen LogP contribution in [0.15, 0.2) is 34.9 Å². The Bertz CT molecular complexity index is 625. The Labute approximate surface area is 177 Å². The molecule has 29 heavy (non-hydrogen) atoms. The first-order chi connectivity index (χ1) is 14.0. The van der Waals surface area contributed by atoms with Crippen molar-refractivity contribution in [3.05, 3.63) is 30.5 Å². The third-order valence-electron chi connectivity index (χ3n) is 3.81. The Balaban J connectivity index is 0. The molecule has 6 heteroatoms. The fourth-order valence-electron chi connectivity index (χ4n) is 2.42. The number of aromatic nitrogens is 1. The van der Waals surface area contributed by atoms with E-state index in [0.29, 0.717) is 0 Å². The van der Waals surface area contributed by atoms with E-state index in [4.69, 9.17) is 20.6 Å². The van der Waals surface area contributed by atoms with E-state index >= 15 is 0 Å². The van der Waals surface area contributed by atoms with Crippen LogP contribution in [0.25, 0.3) is 11.3 Å². The van der Waals surface area contributed by atoms with Gasteiger partial charge in [0.05, 0.1) is 13.0 Å². The molecule has 1 heterocycles. The molecule has 1 aromatic carbocycles. The second-order valence-corrected chi connectivity index (χ2v) is 5.84. The van der Waals surface area contributed by atoms with Gasteiger partial charge in [0.15, 0.2) is 0 Å². The van der Waals surface area contributed by atoms with Crippen molar-refractivity contribution in [2.75, 3.05) is 18.6 Å². The van der Waals surface area contributed by atoms with E-state index in [0.717, 1.165) is 49.0 Å². The van der Waals surface area contributed by atoms with Crippen LogP contribution in [0.5, 0.6) is 0 Å². The fourth-order valence-corrected chi connectivity index (χ4v) is 2.42. The summed E-state index contributed by atoms with van der Waals surface area (Å²) in [6.45, 7) is 12.2. The van der Waals surface area contributed by atoms with Crippen LogP contribution in [0.2, 0.25) is 0 Å². The highest BCUT2D eigenvalue weighted by Gasteiger charge is 2.16. The molecule has 4 N–H and O–H groups in total. The van der Waals surface area contributed by atoms with Gasteiger partial charge < -0.3 is 20.6 Å². The molecule has 0 saturated carbocycles. The van der Waals surface area contributed by atoms with Crippen LogP contribution in [0.1, 0.15) is 73.6 Å². The number of oxazole rings is 1. The third kappa shape index (κ3) is 12.5. The number of hydrogen-bond donors (Lipinski definition) is 2. The minimum atomic E-state index is -0.0368. The highest BCUT2D eigenvalue weighted by Crippen LogP contribution is 2.20. The zero-order valence-corrected chi connectivity index (χ0v) is 19.3. The molecule has 0 aliphatic heterocycles. The molecule has 2 rings (SSSR count). The first-order valence-corrected chi connectivity index (χ1v) is 10.7. The van der Waals surface area contributed by atoms with E-state index in [2.05, 4.69) is 18.8 Å². The van der Waals surface area contributed by atoms with Gasteiger partial charge in [0.2, 0.25) is 0 Å². The van der Waals surface area contributed by atoms with Gasteiger partial charge in [-0.25, -0.2) is 0 Å². The summed E-state index contributed by atoms with van der Waals surface area (Å²) in [5.41, 5.74) is 13.3. The SMILES string of the molecule is CC.CC.CCCCC(CCC)C(=O)OC.Nc1ccc(-c2coc(N)n2)cc1. The number of unbranched alkanes of at least 4 members (excludes halogenated alkanes) is 1. The van der Waals surface area contributed by atoms with Crippen molar-refractivity contribution in [3.63, 3.8) is 0 Å². The lowest BCUT2D eigenvalue weighted by Gasteiger charge is -2.12. The molecule has 0 aliphatic carbocycles. The second-order valence-electron chi connectivity index (χ2n) is 5.84. The maximum absolute atomic E-state index is 11.2. The molecule has 0 bridgehead atoms. The molecule has 0 amide bonds. The lowest BCUT2D eigenvalue weighted by atomic mass is 9.97. The summed E-state index contributed by atoms with van der Waals surface area (Å²) < 4.78 is 9.61. The summed E-state index contributed by atoms with van der Waals surface area (Å²) >= 11 is 0. The molecular weight excluding hydrogens is 366 g/mol. The van der Waals surface area contributed by atoms with Gasteiger partial charge in [0, 0.05) is 11.3 Å². The number of carbonyl (C=O) groups is 1. The number of nitrogen functional groups attached to an aromatic ring is 2. The van der Waals surface area contributed by atoms with Crippen LogP contribution in [-0.4, -0.2) is 18.1 Å². The minimum absolute atomic E-state index is 0.0368. The van der Waals surface area contributed by atoms with Crippen molar-refractivity contribution in [1.29, 1.82) is 0 Å². The predicted molar refractivity (Wildman–Crippen MR) is 123 cm³/mol. The molecule has 0 spiro atoms. The molecule has 0 saturated heterocycles. The summed E-state index contributed by atoms with van der Waals surface area (Å²) in [6.07, 6.45) is 6.80. The van der Waals surface area contributed by atoms with Gasteiger partial charge >= 0.3 is 5.97 Å². The fraction of sp³-hybridized carbons (Fsp3) is 0.565. The van der Waals surface area contributed by atoms with E-state index in [1.807, 2.05) is 39.8 Å². The molecule has 0 radical (unpaired) electrons. The first-order valence-electron chi connectivity index (χ1n) is 10.7. The van der Waals surface area contributed by atoms with Crippen LogP contribution in [0.3, 0.4) is 0 Å². The summed E-state index contributed by atoms with van der Waals surface area (Å²) in [5.74, 6) is 0.102. The van der Waals surface area contributed by atoms with Gasteiger partial charge in [-0.1, -0.05) is 72.9 Å². The number of ether oxygens (including phenoxy) is 1. The van der Waals surface area contributed by atoms with Gasteiger partial charge in [0.1, 0.15) is 12.0 Å². The molecule has 1 unspecified atom stereocenters. The zero-order valence-electron chi connectivity index (χ0n) is 19.3. The highest BCUT2D eigenvalue weighted by atomic mass is 16.5. The number of carbonyl (C=O) groups excluding carboxylic acids is 1. The normalized spacial score (nSPS) is 10.2. The van der Waals surface area contributed by atoms with Gasteiger partial charge in [-0.15, -0.1) is 0 Å². The van der Waals surface area contributed by atoms with Crippen molar-refractivity contribution >= 4 is 17.7 Å². The van der Waals surface area contributed by atoms with Gasteiger partial charge in [-0.3, -0.25) is 4.79 Å². The lowest BCUT2D eigenvalue weighted by molar-refractivity contribution is -0.146. The lowest BCUT2D eigenvalue weighted by Crippen LogP contribution is -2.15. The molecule has 0 fully saturated rings. The molecule has 0 aliphatic rings. The third-order valence-corrected chi connectivity index (χ3v) is 3.81. The monoisotopic (exact) mass is 407 g/mol. The second kappa shape index (κ2) is 18.8. The van der Waals surface area contributed by atoms with Crippen molar-refractivity contribution in [3.8, 4) is 11.3 Å². The van der Waals surface area contributed by atoms with Crippen LogP contribution >= 0.6 is 0 Å². The summed E-state index contributed by atoms with van der Waals surface area (Å²) in [5, 5.41) is 0. The van der Waals surface area contributed by atoms with E-state index in [1.165, 1.54) is 13.4 Å². The Kier molecular flexibility index (Phi) is 18.7. The Morgan fingerprint density at radius 3 is 2.03 bits per heavy atom. The topological polar surface area (TPSA) is 104 Å². The number of rotatable bonds is 7. The molecule has 1 atom stereocenters. The molecular formula is C23H41N3O3. The molecule has 6 nitrogen and oxygen atoms in total. The van der Waals surface area contributed by atoms with Gasteiger partial charge in [-0.2, -0.15) is 4.98 Å².